The predicted molar refractivity (Wildman–Crippen MR) is 88.5 cm³/mol. The first-order valence-electron chi connectivity index (χ1n) is 7.69. The van der Waals surface area contributed by atoms with Gasteiger partial charge in [0.25, 0.3) is 0 Å². The van der Waals surface area contributed by atoms with E-state index in [1.165, 1.54) is 0 Å². The van der Waals surface area contributed by atoms with Gasteiger partial charge in [-0.25, -0.2) is 4.79 Å². The zero-order chi connectivity index (χ0) is 16.8. The third-order valence-electron chi connectivity index (χ3n) is 3.75. The Kier molecular flexibility index (Phi) is 5.90. The van der Waals surface area contributed by atoms with Crippen molar-refractivity contribution in [3.8, 4) is 0 Å². The van der Waals surface area contributed by atoms with Crippen LogP contribution in [-0.2, 0) is 4.74 Å². The van der Waals surface area contributed by atoms with E-state index in [0.717, 1.165) is 16.7 Å². The van der Waals surface area contributed by atoms with E-state index in [1.54, 1.807) is 31.2 Å². The molecule has 23 heavy (non-hydrogen) atoms. The Labute approximate surface area is 136 Å². The number of aliphatic hydroxyl groups is 2. The van der Waals surface area contributed by atoms with Gasteiger partial charge in [0.15, 0.2) is 0 Å². The number of ether oxygens (including phenoxy) is 1. The van der Waals surface area contributed by atoms with Crippen molar-refractivity contribution in [1.29, 1.82) is 0 Å². The molecule has 0 spiro atoms. The van der Waals surface area contributed by atoms with Crippen molar-refractivity contribution in [2.75, 3.05) is 13.2 Å². The lowest BCUT2D eigenvalue weighted by molar-refractivity contribution is 0.0526. The number of aliphatic hydroxyl groups excluding tert-OH is 2. The van der Waals surface area contributed by atoms with E-state index in [1.807, 2.05) is 31.2 Å². The first-order valence-corrected chi connectivity index (χ1v) is 7.69. The van der Waals surface area contributed by atoms with Crippen molar-refractivity contribution in [2.45, 2.75) is 25.9 Å². The number of aryl methyl sites for hydroxylation is 1. The minimum absolute atomic E-state index is 0.329. The van der Waals surface area contributed by atoms with E-state index in [9.17, 15) is 15.0 Å². The molecule has 0 aliphatic carbocycles. The highest BCUT2D eigenvalue weighted by Crippen LogP contribution is 2.29. The molecule has 0 heterocycles. The van der Waals surface area contributed by atoms with E-state index in [0.29, 0.717) is 12.2 Å². The highest BCUT2D eigenvalue weighted by Gasteiger charge is 2.23. The maximum atomic E-state index is 11.7. The van der Waals surface area contributed by atoms with Crippen LogP contribution >= 0.6 is 0 Å². The van der Waals surface area contributed by atoms with Crippen molar-refractivity contribution < 1.29 is 19.7 Å². The van der Waals surface area contributed by atoms with Crippen molar-refractivity contribution in [3.63, 3.8) is 0 Å². The fourth-order valence-electron chi connectivity index (χ4n) is 2.65. The fraction of sp³-hybridized carbons (Fsp3) is 0.316. The van der Waals surface area contributed by atoms with Gasteiger partial charge in [-0.15, -0.1) is 0 Å². The Bertz CT molecular complexity index is 649. The number of benzene rings is 2. The number of hydrogen-bond acceptors (Lipinski definition) is 4. The van der Waals surface area contributed by atoms with Gasteiger partial charge in [0, 0.05) is 5.92 Å². The summed E-state index contributed by atoms with van der Waals surface area (Å²) in [5.74, 6) is -0.718. The standard InChI is InChI=1S/C19H22O4/c1-3-23-19(22)15-9-7-14(8-10-15)18(17(21)12-20)16-6-4-5-13(2)11-16/h4-11,17-18,20-21H,3,12H2,1-2H3/t17-,18-/m1/s1. The van der Waals surface area contributed by atoms with Crippen LogP contribution in [0.2, 0.25) is 0 Å². The van der Waals surface area contributed by atoms with Crippen LogP contribution in [-0.4, -0.2) is 35.5 Å². The van der Waals surface area contributed by atoms with Crippen LogP contribution in [0.5, 0.6) is 0 Å². The van der Waals surface area contributed by atoms with Gasteiger partial charge >= 0.3 is 5.97 Å². The summed E-state index contributed by atoms with van der Waals surface area (Å²) >= 11 is 0. The first kappa shape index (κ1) is 17.2. The minimum Gasteiger partial charge on any atom is -0.462 e. The summed E-state index contributed by atoms with van der Waals surface area (Å²) in [4.78, 5) is 11.7. The quantitative estimate of drug-likeness (QED) is 0.805. The van der Waals surface area contributed by atoms with Crippen LogP contribution in [0.3, 0.4) is 0 Å². The largest absolute Gasteiger partial charge is 0.462 e. The number of carbonyl (C=O) groups excluding carboxylic acids is 1. The highest BCUT2D eigenvalue weighted by molar-refractivity contribution is 5.89. The topological polar surface area (TPSA) is 66.8 Å². The second-order valence-corrected chi connectivity index (χ2v) is 5.48. The molecule has 2 N–H and O–H groups in total. The molecule has 122 valence electrons. The van der Waals surface area contributed by atoms with Crippen LogP contribution < -0.4 is 0 Å². The molecule has 2 rings (SSSR count). The fourth-order valence-corrected chi connectivity index (χ4v) is 2.65. The van der Waals surface area contributed by atoms with Gasteiger partial charge in [-0.1, -0.05) is 42.0 Å². The second kappa shape index (κ2) is 7.90. The summed E-state index contributed by atoms with van der Waals surface area (Å²) in [6.07, 6.45) is -0.912. The van der Waals surface area contributed by atoms with Gasteiger partial charge in [0.2, 0.25) is 0 Å². The van der Waals surface area contributed by atoms with E-state index < -0.39 is 6.10 Å². The Morgan fingerprint density at radius 2 is 1.83 bits per heavy atom. The number of hydrogen-bond donors (Lipinski definition) is 2. The molecule has 4 nitrogen and oxygen atoms in total. The normalized spacial score (nSPS) is 13.4. The zero-order valence-electron chi connectivity index (χ0n) is 13.4. The molecule has 2 aromatic rings. The molecule has 0 aromatic heterocycles. The lowest BCUT2D eigenvalue weighted by Gasteiger charge is -2.23. The number of carbonyl (C=O) groups is 1. The van der Waals surface area contributed by atoms with E-state index >= 15 is 0 Å². The minimum atomic E-state index is -0.912. The van der Waals surface area contributed by atoms with Crippen LogP contribution in [0, 0.1) is 6.92 Å². The van der Waals surface area contributed by atoms with Gasteiger partial charge in [0.1, 0.15) is 0 Å². The highest BCUT2D eigenvalue weighted by atomic mass is 16.5. The van der Waals surface area contributed by atoms with Crippen LogP contribution in [0.15, 0.2) is 48.5 Å². The van der Waals surface area contributed by atoms with Gasteiger partial charge in [-0.3, -0.25) is 0 Å². The molecular weight excluding hydrogens is 292 g/mol. The summed E-state index contributed by atoms with van der Waals surface area (Å²) < 4.78 is 4.97. The summed E-state index contributed by atoms with van der Waals surface area (Å²) in [7, 11) is 0. The molecular formula is C19H22O4. The molecule has 2 aromatic carbocycles. The average Bonchev–Trinajstić information content (AvgIpc) is 2.56. The van der Waals surface area contributed by atoms with Crippen molar-refractivity contribution >= 4 is 5.97 Å². The molecule has 2 atom stereocenters. The molecule has 0 bridgehead atoms. The smallest absolute Gasteiger partial charge is 0.338 e. The van der Waals surface area contributed by atoms with Crippen LogP contribution in [0.25, 0.3) is 0 Å². The van der Waals surface area contributed by atoms with Crippen molar-refractivity contribution in [3.05, 3.63) is 70.8 Å². The Hall–Kier alpha value is -2.17. The Morgan fingerprint density at radius 3 is 2.39 bits per heavy atom. The molecule has 0 saturated carbocycles. The van der Waals surface area contributed by atoms with E-state index in [4.69, 9.17) is 4.74 Å². The molecule has 0 aliphatic heterocycles. The molecule has 0 saturated heterocycles. The molecule has 0 radical (unpaired) electrons. The third kappa shape index (κ3) is 4.18. The van der Waals surface area contributed by atoms with Gasteiger partial charge in [0.05, 0.1) is 24.9 Å². The lowest BCUT2D eigenvalue weighted by Crippen LogP contribution is -2.23. The maximum absolute atomic E-state index is 11.7. The van der Waals surface area contributed by atoms with Gasteiger partial charge in [-0.2, -0.15) is 0 Å². The number of esters is 1. The second-order valence-electron chi connectivity index (χ2n) is 5.48. The van der Waals surface area contributed by atoms with E-state index in [2.05, 4.69) is 0 Å². The van der Waals surface area contributed by atoms with Crippen molar-refractivity contribution in [2.24, 2.45) is 0 Å². The molecule has 0 unspecified atom stereocenters. The predicted octanol–water partition coefficient (Wildman–Crippen LogP) is 2.66. The molecule has 0 fully saturated rings. The van der Waals surface area contributed by atoms with Gasteiger partial charge < -0.3 is 14.9 Å². The first-order chi connectivity index (χ1) is 11.1. The monoisotopic (exact) mass is 314 g/mol. The Morgan fingerprint density at radius 1 is 1.13 bits per heavy atom. The summed E-state index contributed by atoms with van der Waals surface area (Å²) in [5.41, 5.74) is 3.32. The summed E-state index contributed by atoms with van der Waals surface area (Å²) in [5, 5.41) is 19.6. The average molecular weight is 314 g/mol. The lowest BCUT2D eigenvalue weighted by atomic mass is 9.86. The molecule has 4 heteroatoms. The third-order valence-corrected chi connectivity index (χ3v) is 3.75. The van der Waals surface area contributed by atoms with Crippen LogP contribution in [0.4, 0.5) is 0 Å². The molecule has 0 aliphatic rings. The zero-order valence-corrected chi connectivity index (χ0v) is 13.4. The summed E-state index contributed by atoms with van der Waals surface area (Å²) in [6, 6.07) is 14.8. The van der Waals surface area contributed by atoms with Gasteiger partial charge in [-0.05, 0) is 37.1 Å². The number of rotatable bonds is 6. The summed E-state index contributed by atoms with van der Waals surface area (Å²) in [6.45, 7) is 3.74. The maximum Gasteiger partial charge on any atom is 0.338 e. The van der Waals surface area contributed by atoms with Crippen LogP contribution in [0.1, 0.15) is 39.9 Å². The molecule has 0 amide bonds. The Balaban J connectivity index is 2.35. The SMILES string of the molecule is CCOC(=O)c1ccc([C@H](c2cccc(C)c2)[C@H](O)CO)cc1. The van der Waals surface area contributed by atoms with E-state index in [-0.39, 0.29) is 18.5 Å². The van der Waals surface area contributed by atoms with Crippen molar-refractivity contribution in [1.82, 2.24) is 0 Å².